The first kappa shape index (κ1) is 17.2. The van der Waals surface area contributed by atoms with Crippen LogP contribution in [0.2, 0.25) is 0 Å². The lowest BCUT2D eigenvalue weighted by Crippen LogP contribution is -2.50. The Balaban J connectivity index is 1.88. The molecule has 0 amide bonds. The highest BCUT2D eigenvalue weighted by Crippen LogP contribution is 2.34. The average molecular weight is 322 g/mol. The number of piperazine rings is 1. The second-order valence-corrected chi connectivity index (χ2v) is 6.84. The molecule has 2 aromatic carbocycles. The molecule has 1 aliphatic rings. The van der Waals surface area contributed by atoms with Gasteiger partial charge in [-0.1, -0.05) is 74.5 Å². The Morgan fingerprint density at radius 3 is 1.38 bits per heavy atom. The number of hydrogen-bond donors (Lipinski definition) is 0. The van der Waals surface area contributed by atoms with E-state index in [0.717, 1.165) is 13.1 Å². The third-order valence-electron chi connectivity index (χ3n) is 5.09. The van der Waals surface area contributed by atoms with Crippen molar-refractivity contribution in [2.75, 3.05) is 26.2 Å². The van der Waals surface area contributed by atoms with E-state index in [2.05, 4.69) is 84.3 Å². The predicted molar refractivity (Wildman–Crippen MR) is 102 cm³/mol. The van der Waals surface area contributed by atoms with Gasteiger partial charge in [0.05, 0.1) is 0 Å². The van der Waals surface area contributed by atoms with Gasteiger partial charge >= 0.3 is 0 Å². The van der Waals surface area contributed by atoms with E-state index in [0.29, 0.717) is 12.1 Å². The summed E-state index contributed by atoms with van der Waals surface area (Å²) in [5.74, 6) is 0. The van der Waals surface area contributed by atoms with Gasteiger partial charge in [-0.25, -0.2) is 0 Å². The van der Waals surface area contributed by atoms with Crippen LogP contribution in [0.25, 0.3) is 0 Å². The van der Waals surface area contributed by atoms with Gasteiger partial charge in [0.1, 0.15) is 0 Å². The molecule has 2 aromatic rings. The molecule has 1 fully saturated rings. The molecule has 128 valence electrons. The number of benzene rings is 2. The predicted octanol–water partition coefficient (Wildman–Crippen LogP) is 4.91. The Morgan fingerprint density at radius 2 is 1.04 bits per heavy atom. The Kier molecular flexibility index (Phi) is 6.06. The third kappa shape index (κ3) is 3.88. The van der Waals surface area contributed by atoms with Crippen molar-refractivity contribution < 1.29 is 0 Å². The summed E-state index contributed by atoms with van der Waals surface area (Å²) in [6.07, 6.45) is 2.41. The van der Waals surface area contributed by atoms with Crippen LogP contribution >= 0.6 is 0 Å². The molecule has 0 radical (unpaired) electrons. The molecule has 24 heavy (non-hydrogen) atoms. The second-order valence-electron chi connectivity index (χ2n) is 6.84. The van der Waals surface area contributed by atoms with Crippen molar-refractivity contribution in [3.05, 3.63) is 71.8 Å². The van der Waals surface area contributed by atoms with Crippen molar-refractivity contribution >= 4 is 0 Å². The largest absolute Gasteiger partial charge is 0.293 e. The van der Waals surface area contributed by atoms with Gasteiger partial charge in [-0.15, -0.1) is 0 Å². The quantitative estimate of drug-likeness (QED) is 0.746. The van der Waals surface area contributed by atoms with Crippen LogP contribution in [-0.4, -0.2) is 36.0 Å². The molecule has 2 heteroatoms. The number of rotatable bonds is 6. The highest BCUT2D eigenvalue weighted by Gasteiger charge is 2.34. The first-order valence-corrected chi connectivity index (χ1v) is 9.41. The first-order chi connectivity index (χ1) is 11.8. The Morgan fingerprint density at radius 1 is 0.667 bits per heavy atom. The van der Waals surface area contributed by atoms with Crippen LogP contribution < -0.4 is 0 Å². The zero-order chi connectivity index (χ0) is 16.8. The zero-order valence-corrected chi connectivity index (χ0v) is 15.1. The SMILES string of the molecule is CCCN1C[C@@H](c2ccccc2)N(CCC)C[C@@H]1c1ccccc1. The smallest absolute Gasteiger partial charge is 0.0476 e. The van der Waals surface area contributed by atoms with Gasteiger partial charge in [0, 0.05) is 25.2 Å². The number of hydrogen-bond acceptors (Lipinski definition) is 2. The second kappa shape index (κ2) is 8.46. The minimum atomic E-state index is 0.512. The summed E-state index contributed by atoms with van der Waals surface area (Å²) in [7, 11) is 0. The lowest BCUT2D eigenvalue weighted by molar-refractivity contribution is 0.0262. The number of nitrogens with zero attached hydrogens (tertiary/aromatic N) is 2. The third-order valence-corrected chi connectivity index (χ3v) is 5.09. The monoisotopic (exact) mass is 322 g/mol. The summed E-state index contributed by atoms with van der Waals surface area (Å²) in [6.45, 7) is 9.16. The summed E-state index contributed by atoms with van der Waals surface area (Å²) >= 11 is 0. The molecule has 1 aliphatic heterocycles. The van der Waals surface area contributed by atoms with E-state index in [4.69, 9.17) is 0 Å². The summed E-state index contributed by atoms with van der Waals surface area (Å²) < 4.78 is 0. The van der Waals surface area contributed by atoms with E-state index < -0.39 is 0 Å². The van der Waals surface area contributed by atoms with Crippen molar-refractivity contribution in [2.45, 2.75) is 38.8 Å². The fourth-order valence-electron chi connectivity index (χ4n) is 3.98. The molecule has 0 bridgehead atoms. The van der Waals surface area contributed by atoms with Gasteiger partial charge in [0.25, 0.3) is 0 Å². The van der Waals surface area contributed by atoms with Crippen molar-refractivity contribution in [1.29, 1.82) is 0 Å². The van der Waals surface area contributed by atoms with Gasteiger partial charge in [0.2, 0.25) is 0 Å². The lowest BCUT2D eigenvalue weighted by Gasteiger charge is -2.47. The van der Waals surface area contributed by atoms with Crippen molar-refractivity contribution in [1.82, 2.24) is 9.80 Å². The highest BCUT2D eigenvalue weighted by molar-refractivity contribution is 5.24. The minimum Gasteiger partial charge on any atom is -0.293 e. The molecule has 0 N–H and O–H groups in total. The van der Waals surface area contributed by atoms with Gasteiger partial charge in [-0.2, -0.15) is 0 Å². The summed E-state index contributed by atoms with van der Waals surface area (Å²) in [6, 6.07) is 23.1. The van der Waals surface area contributed by atoms with Crippen LogP contribution in [0.5, 0.6) is 0 Å². The molecular weight excluding hydrogens is 292 g/mol. The molecule has 1 saturated heterocycles. The van der Waals surface area contributed by atoms with Crippen LogP contribution in [0, 0.1) is 0 Å². The molecule has 0 spiro atoms. The molecular formula is C22H30N2. The van der Waals surface area contributed by atoms with Gasteiger partial charge < -0.3 is 0 Å². The van der Waals surface area contributed by atoms with Gasteiger partial charge in [-0.3, -0.25) is 9.80 Å². The topological polar surface area (TPSA) is 6.48 Å². The Bertz CT molecular complexity index is 540. The summed E-state index contributed by atoms with van der Waals surface area (Å²) in [5.41, 5.74) is 2.91. The van der Waals surface area contributed by atoms with Gasteiger partial charge in [-0.05, 0) is 37.1 Å². The van der Waals surface area contributed by atoms with Crippen LogP contribution in [0.4, 0.5) is 0 Å². The molecule has 0 aliphatic carbocycles. The maximum absolute atomic E-state index is 2.69. The van der Waals surface area contributed by atoms with E-state index in [1.54, 1.807) is 0 Å². The summed E-state index contributed by atoms with van der Waals surface area (Å²) in [4.78, 5) is 5.39. The molecule has 2 atom stereocenters. The molecule has 0 saturated carbocycles. The Hall–Kier alpha value is -1.64. The van der Waals surface area contributed by atoms with Crippen LogP contribution in [0.15, 0.2) is 60.7 Å². The summed E-state index contributed by atoms with van der Waals surface area (Å²) in [5, 5.41) is 0. The lowest BCUT2D eigenvalue weighted by atomic mass is 9.95. The van der Waals surface area contributed by atoms with E-state index in [1.807, 2.05) is 0 Å². The maximum atomic E-state index is 2.69. The van der Waals surface area contributed by atoms with Crippen LogP contribution in [0.1, 0.15) is 49.9 Å². The average Bonchev–Trinajstić information content (AvgIpc) is 2.64. The van der Waals surface area contributed by atoms with Crippen molar-refractivity contribution in [2.24, 2.45) is 0 Å². The minimum absolute atomic E-state index is 0.512. The fourth-order valence-corrected chi connectivity index (χ4v) is 3.98. The molecule has 3 rings (SSSR count). The highest BCUT2D eigenvalue weighted by atomic mass is 15.3. The van der Waals surface area contributed by atoms with Crippen LogP contribution in [0.3, 0.4) is 0 Å². The molecule has 0 unspecified atom stereocenters. The standard InChI is InChI=1S/C22H30N2/c1-3-15-23-17-22(20-13-9-6-10-14-20)24(16-4-2)18-21(23)19-11-7-5-8-12-19/h5-14,21-22H,3-4,15-18H2,1-2H3/t21-,22+. The normalized spacial score (nSPS) is 22.6. The molecule has 0 aromatic heterocycles. The zero-order valence-electron chi connectivity index (χ0n) is 15.1. The van der Waals surface area contributed by atoms with Crippen LogP contribution in [-0.2, 0) is 0 Å². The molecule has 1 heterocycles. The fraction of sp³-hybridized carbons (Fsp3) is 0.455. The maximum Gasteiger partial charge on any atom is 0.0476 e. The Labute approximate surface area is 147 Å². The van der Waals surface area contributed by atoms with Gasteiger partial charge in [0.15, 0.2) is 0 Å². The van der Waals surface area contributed by atoms with E-state index in [9.17, 15) is 0 Å². The van der Waals surface area contributed by atoms with Crippen molar-refractivity contribution in [3.63, 3.8) is 0 Å². The molecule has 2 nitrogen and oxygen atoms in total. The van der Waals surface area contributed by atoms with Crippen molar-refractivity contribution in [3.8, 4) is 0 Å². The van der Waals surface area contributed by atoms with E-state index in [-0.39, 0.29) is 0 Å². The van der Waals surface area contributed by atoms with E-state index >= 15 is 0 Å². The first-order valence-electron chi connectivity index (χ1n) is 9.41. The van der Waals surface area contributed by atoms with E-state index in [1.165, 1.54) is 37.1 Å².